The molecular weight excluding hydrogens is 200 g/mol. The summed E-state index contributed by atoms with van der Waals surface area (Å²) < 4.78 is 1.76. The molecule has 2 aromatic rings. The van der Waals surface area contributed by atoms with Crippen LogP contribution in [0.25, 0.3) is 5.82 Å². The van der Waals surface area contributed by atoms with Gasteiger partial charge in [-0.25, -0.2) is 9.97 Å². The molecule has 4 heteroatoms. The topological polar surface area (TPSA) is 54.5 Å². The predicted molar refractivity (Wildman–Crippen MR) is 60.2 cm³/mol. The smallest absolute Gasteiger partial charge is 0.141 e. The molecule has 16 heavy (non-hydrogen) atoms. The highest BCUT2D eigenvalue weighted by Crippen LogP contribution is 2.15. The first-order valence-corrected chi connectivity index (χ1v) is 5.12. The van der Waals surface area contributed by atoms with Crippen molar-refractivity contribution in [2.45, 2.75) is 19.8 Å². The van der Waals surface area contributed by atoms with Crippen LogP contribution in [0.5, 0.6) is 0 Å². The summed E-state index contributed by atoms with van der Waals surface area (Å²) in [6.07, 6.45) is 3.36. The summed E-state index contributed by atoms with van der Waals surface area (Å²) >= 11 is 0. The molecule has 0 amide bonds. The molecule has 0 aliphatic carbocycles. The van der Waals surface area contributed by atoms with Gasteiger partial charge in [0.2, 0.25) is 0 Å². The van der Waals surface area contributed by atoms with Crippen molar-refractivity contribution in [1.82, 2.24) is 14.5 Å². The second kappa shape index (κ2) is 4.15. The lowest BCUT2D eigenvalue weighted by Gasteiger charge is -2.07. The highest BCUT2D eigenvalue weighted by molar-refractivity contribution is 5.34. The van der Waals surface area contributed by atoms with Crippen molar-refractivity contribution in [2.24, 2.45) is 0 Å². The maximum Gasteiger partial charge on any atom is 0.141 e. The molecule has 2 rings (SSSR count). The van der Waals surface area contributed by atoms with Gasteiger partial charge < -0.3 is 0 Å². The third-order valence-corrected chi connectivity index (χ3v) is 2.38. The summed E-state index contributed by atoms with van der Waals surface area (Å²) in [6, 6.07) is 7.62. The van der Waals surface area contributed by atoms with E-state index in [2.05, 4.69) is 29.9 Å². The number of rotatable bonds is 2. The second-order valence-corrected chi connectivity index (χ2v) is 3.83. The van der Waals surface area contributed by atoms with Crippen molar-refractivity contribution in [1.29, 1.82) is 5.26 Å². The third-order valence-electron chi connectivity index (χ3n) is 2.38. The van der Waals surface area contributed by atoms with Crippen LogP contribution >= 0.6 is 0 Å². The van der Waals surface area contributed by atoms with Crippen LogP contribution < -0.4 is 0 Å². The second-order valence-electron chi connectivity index (χ2n) is 3.83. The lowest BCUT2D eigenvalue weighted by molar-refractivity contribution is 0.804. The third kappa shape index (κ3) is 1.80. The van der Waals surface area contributed by atoms with Crippen LogP contribution in [0.1, 0.15) is 31.2 Å². The van der Waals surface area contributed by atoms with Gasteiger partial charge in [-0.1, -0.05) is 13.8 Å². The summed E-state index contributed by atoms with van der Waals surface area (Å²) in [4.78, 5) is 8.37. The van der Waals surface area contributed by atoms with Crippen molar-refractivity contribution in [3.63, 3.8) is 0 Å². The molecule has 0 spiro atoms. The highest BCUT2D eigenvalue weighted by Gasteiger charge is 2.06. The predicted octanol–water partition coefficient (Wildman–Crippen LogP) is 2.26. The van der Waals surface area contributed by atoms with Gasteiger partial charge in [-0.05, 0) is 18.1 Å². The van der Waals surface area contributed by atoms with Gasteiger partial charge >= 0.3 is 0 Å². The van der Waals surface area contributed by atoms with E-state index >= 15 is 0 Å². The fraction of sp³-hybridized carbons (Fsp3) is 0.250. The summed E-state index contributed by atoms with van der Waals surface area (Å²) in [5.41, 5.74) is 1.55. The minimum Gasteiger partial charge on any atom is -0.292 e. The van der Waals surface area contributed by atoms with Crippen LogP contribution in [-0.2, 0) is 0 Å². The molecule has 0 atom stereocenters. The van der Waals surface area contributed by atoms with Gasteiger partial charge in [-0.15, -0.1) is 0 Å². The Kier molecular flexibility index (Phi) is 2.69. The molecule has 80 valence electrons. The van der Waals surface area contributed by atoms with Crippen LogP contribution in [0.15, 0.2) is 30.7 Å². The van der Waals surface area contributed by atoms with E-state index in [-0.39, 0.29) is 0 Å². The molecular formula is C12H12N4. The van der Waals surface area contributed by atoms with Crippen molar-refractivity contribution in [3.05, 3.63) is 42.1 Å². The van der Waals surface area contributed by atoms with Crippen LogP contribution in [0.3, 0.4) is 0 Å². The molecule has 4 nitrogen and oxygen atoms in total. The molecule has 0 aliphatic rings. The molecule has 0 saturated carbocycles. The minimum absolute atomic E-state index is 0.350. The van der Waals surface area contributed by atoms with E-state index in [1.165, 1.54) is 6.33 Å². The average molecular weight is 212 g/mol. The molecule has 2 aromatic heterocycles. The number of nitriles is 1. The van der Waals surface area contributed by atoms with E-state index in [9.17, 15) is 0 Å². The standard InChI is InChI=1S/C12H12N4/c1-9(2)11-6-12(15-8-14-11)16-5-3-4-10(16)7-13/h3-6,8-9H,1-2H3. The SMILES string of the molecule is CC(C)c1cc(-n2cccc2C#N)ncn1. The fourth-order valence-electron chi connectivity index (χ4n) is 1.48. The van der Waals surface area contributed by atoms with Crippen LogP contribution in [0, 0.1) is 11.3 Å². The Morgan fingerprint density at radius 1 is 1.38 bits per heavy atom. The molecule has 0 radical (unpaired) electrons. The number of hydrogen-bond donors (Lipinski definition) is 0. The van der Waals surface area contributed by atoms with Crippen molar-refractivity contribution < 1.29 is 0 Å². The van der Waals surface area contributed by atoms with Gasteiger partial charge in [0.1, 0.15) is 23.9 Å². The fourth-order valence-corrected chi connectivity index (χ4v) is 1.48. The Labute approximate surface area is 94.2 Å². The van der Waals surface area contributed by atoms with E-state index in [0.717, 1.165) is 11.5 Å². The summed E-state index contributed by atoms with van der Waals surface area (Å²) in [6.45, 7) is 4.15. The van der Waals surface area contributed by atoms with Gasteiger partial charge in [0.15, 0.2) is 0 Å². The Morgan fingerprint density at radius 2 is 2.19 bits per heavy atom. The summed E-state index contributed by atoms with van der Waals surface area (Å²) in [5, 5.41) is 8.93. The molecule has 2 heterocycles. The first-order valence-electron chi connectivity index (χ1n) is 5.12. The van der Waals surface area contributed by atoms with Gasteiger partial charge in [0, 0.05) is 18.0 Å². The van der Waals surface area contributed by atoms with Gasteiger partial charge in [-0.3, -0.25) is 4.57 Å². The summed E-state index contributed by atoms with van der Waals surface area (Å²) in [7, 11) is 0. The maximum absolute atomic E-state index is 8.93. The highest BCUT2D eigenvalue weighted by atomic mass is 15.1. The van der Waals surface area contributed by atoms with Crippen LogP contribution in [-0.4, -0.2) is 14.5 Å². The normalized spacial score (nSPS) is 10.4. The Bertz CT molecular complexity index is 534. The van der Waals surface area contributed by atoms with E-state index in [4.69, 9.17) is 5.26 Å². The van der Waals surface area contributed by atoms with Crippen molar-refractivity contribution in [2.75, 3.05) is 0 Å². The molecule has 0 saturated heterocycles. The molecule has 0 N–H and O–H groups in total. The van der Waals surface area contributed by atoms with Crippen LogP contribution in [0.4, 0.5) is 0 Å². The molecule has 0 unspecified atom stereocenters. The molecule has 0 aromatic carbocycles. The zero-order valence-electron chi connectivity index (χ0n) is 9.25. The first-order chi connectivity index (χ1) is 7.72. The Morgan fingerprint density at radius 3 is 2.88 bits per heavy atom. The zero-order valence-corrected chi connectivity index (χ0v) is 9.25. The Hall–Kier alpha value is -2.15. The number of hydrogen-bond acceptors (Lipinski definition) is 3. The zero-order chi connectivity index (χ0) is 11.5. The minimum atomic E-state index is 0.350. The van der Waals surface area contributed by atoms with E-state index in [1.54, 1.807) is 10.6 Å². The van der Waals surface area contributed by atoms with Gasteiger partial charge in [0.25, 0.3) is 0 Å². The van der Waals surface area contributed by atoms with Gasteiger partial charge in [0.05, 0.1) is 0 Å². The number of nitrogens with zero attached hydrogens (tertiary/aromatic N) is 4. The lowest BCUT2D eigenvalue weighted by Crippen LogP contribution is -2.02. The van der Waals surface area contributed by atoms with Crippen LogP contribution in [0.2, 0.25) is 0 Å². The van der Waals surface area contributed by atoms with E-state index in [1.807, 2.05) is 18.3 Å². The maximum atomic E-state index is 8.93. The lowest BCUT2D eigenvalue weighted by atomic mass is 10.1. The van der Waals surface area contributed by atoms with Gasteiger partial charge in [-0.2, -0.15) is 5.26 Å². The molecule has 0 fully saturated rings. The number of aromatic nitrogens is 3. The van der Waals surface area contributed by atoms with E-state index in [0.29, 0.717) is 11.6 Å². The largest absolute Gasteiger partial charge is 0.292 e. The molecule has 0 bridgehead atoms. The summed E-state index contributed by atoms with van der Waals surface area (Å²) in [5.74, 6) is 1.09. The van der Waals surface area contributed by atoms with Crippen molar-refractivity contribution >= 4 is 0 Å². The average Bonchev–Trinajstić information content (AvgIpc) is 2.77. The quantitative estimate of drug-likeness (QED) is 0.767. The molecule has 0 aliphatic heterocycles. The van der Waals surface area contributed by atoms with Crippen molar-refractivity contribution in [3.8, 4) is 11.9 Å². The Balaban J connectivity index is 2.49. The van der Waals surface area contributed by atoms with E-state index < -0.39 is 0 Å². The first kappa shape index (κ1) is 10.4. The monoisotopic (exact) mass is 212 g/mol.